The second-order valence-electron chi connectivity index (χ2n) is 2.84. The van der Waals surface area contributed by atoms with Crippen LogP contribution in [0.5, 0.6) is 0 Å². The number of nitrogens with one attached hydrogen (secondary N) is 2. The van der Waals surface area contributed by atoms with Gasteiger partial charge in [-0.1, -0.05) is 0 Å². The van der Waals surface area contributed by atoms with Crippen molar-refractivity contribution in [2.24, 2.45) is 0 Å². The Morgan fingerprint density at radius 1 is 1.38 bits per heavy atom. The third-order valence-corrected chi connectivity index (χ3v) is 1.73. The molecule has 2 rings (SSSR count). The van der Waals surface area contributed by atoms with Crippen LogP contribution in [0.1, 0.15) is 6.92 Å². The van der Waals surface area contributed by atoms with Crippen LogP contribution in [0.3, 0.4) is 0 Å². The molecule has 1 aromatic heterocycles. The summed E-state index contributed by atoms with van der Waals surface area (Å²) in [5, 5.41) is 5.73. The molecule has 66 valence electrons. The van der Waals surface area contributed by atoms with E-state index < -0.39 is 0 Å². The quantitative estimate of drug-likeness (QED) is 0.625. The highest BCUT2D eigenvalue weighted by Crippen LogP contribution is 2.21. The van der Waals surface area contributed by atoms with Crippen LogP contribution in [0.25, 0.3) is 0 Å². The number of allylic oxidation sites excluding steroid dienone is 1. The van der Waals surface area contributed by atoms with Gasteiger partial charge >= 0.3 is 0 Å². The van der Waals surface area contributed by atoms with Gasteiger partial charge in [0.05, 0.1) is 5.69 Å². The molecule has 0 fully saturated rings. The molecule has 4 nitrogen and oxygen atoms in total. The van der Waals surface area contributed by atoms with Crippen LogP contribution in [0.4, 0.5) is 11.5 Å². The van der Waals surface area contributed by atoms with Crippen LogP contribution in [0.2, 0.25) is 0 Å². The van der Waals surface area contributed by atoms with E-state index in [1.54, 1.807) is 18.3 Å². The Morgan fingerprint density at radius 3 is 3.08 bits per heavy atom. The number of rotatable bonds is 0. The molecule has 2 N–H and O–H groups in total. The summed E-state index contributed by atoms with van der Waals surface area (Å²) in [7, 11) is 0. The van der Waals surface area contributed by atoms with Crippen molar-refractivity contribution in [2.45, 2.75) is 6.92 Å². The van der Waals surface area contributed by atoms with Gasteiger partial charge in [0.25, 0.3) is 0 Å². The molecule has 1 aliphatic rings. The Morgan fingerprint density at radius 2 is 2.23 bits per heavy atom. The monoisotopic (exact) mass is 175 g/mol. The fourth-order valence-electron chi connectivity index (χ4n) is 1.19. The van der Waals surface area contributed by atoms with Gasteiger partial charge in [0.1, 0.15) is 0 Å². The van der Waals surface area contributed by atoms with Crippen molar-refractivity contribution < 1.29 is 4.79 Å². The predicted octanol–water partition coefficient (Wildman–Crippen LogP) is 1.35. The van der Waals surface area contributed by atoms with Crippen LogP contribution < -0.4 is 10.6 Å². The van der Waals surface area contributed by atoms with Crippen molar-refractivity contribution in [3.8, 4) is 0 Å². The zero-order chi connectivity index (χ0) is 9.26. The summed E-state index contributed by atoms with van der Waals surface area (Å²) in [6.07, 6.45) is 3.18. The first kappa shape index (κ1) is 7.79. The smallest absolute Gasteiger partial charge is 0.250 e. The molecule has 0 bridgehead atoms. The lowest BCUT2D eigenvalue weighted by atomic mass is 10.4. The second kappa shape index (κ2) is 2.90. The number of carbonyl (C=O) groups is 1. The topological polar surface area (TPSA) is 54.0 Å². The minimum absolute atomic E-state index is 0.128. The number of anilines is 2. The molecule has 0 aliphatic carbocycles. The van der Waals surface area contributed by atoms with Crippen LogP contribution in [-0.4, -0.2) is 10.9 Å². The number of pyridine rings is 1. The zero-order valence-corrected chi connectivity index (χ0v) is 7.16. The Kier molecular flexibility index (Phi) is 1.73. The highest BCUT2D eigenvalue weighted by Gasteiger charge is 2.10. The van der Waals surface area contributed by atoms with Gasteiger partial charge in [-0.25, -0.2) is 4.98 Å². The molecule has 0 unspecified atom stereocenters. The summed E-state index contributed by atoms with van der Waals surface area (Å²) in [4.78, 5) is 15.3. The molecule has 0 aromatic carbocycles. The number of carbonyl (C=O) groups excluding carboxylic acids is 1. The first-order valence-corrected chi connectivity index (χ1v) is 3.97. The van der Waals surface area contributed by atoms with Gasteiger partial charge in [-0.05, 0) is 19.1 Å². The van der Waals surface area contributed by atoms with Crippen molar-refractivity contribution in [1.82, 2.24) is 4.98 Å². The van der Waals surface area contributed by atoms with Crippen molar-refractivity contribution in [3.63, 3.8) is 0 Å². The van der Waals surface area contributed by atoms with Gasteiger partial charge < -0.3 is 10.6 Å². The van der Waals surface area contributed by atoms with Gasteiger partial charge in [0.15, 0.2) is 5.82 Å². The maximum atomic E-state index is 11.2. The predicted molar refractivity (Wildman–Crippen MR) is 50.2 cm³/mol. The molecule has 13 heavy (non-hydrogen) atoms. The maximum Gasteiger partial charge on any atom is 0.250 e. The van der Waals surface area contributed by atoms with E-state index in [0.717, 1.165) is 5.70 Å². The number of amides is 1. The molecule has 0 saturated carbocycles. The van der Waals surface area contributed by atoms with E-state index in [2.05, 4.69) is 15.6 Å². The summed E-state index contributed by atoms with van der Waals surface area (Å²) < 4.78 is 0. The van der Waals surface area contributed by atoms with E-state index in [4.69, 9.17) is 0 Å². The van der Waals surface area contributed by atoms with E-state index in [-0.39, 0.29) is 5.91 Å². The van der Waals surface area contributed by atoms with Gasteiger partial charge in [0.2, 0.25) is 5.91 Å². The van der Waals surface area contributed by atoms with Crippen LogP contribution in [-0.2, 0) is 4.79 Å². The number of fused-ring (bicyclic) bond motifs is 1. The van der Waals surface area contributed by atoms with Gasteiger partial charge in [-0.15, -0.1) is 0 Å². The molecular formula is C9H9N3O. The molecule has 2 heterocycles. The first-order chi connectivity index (χ1) is 6.25. The SMILES string of the molecule is CC1=CC(=O)Nc2cccnc2N1. The molecule has 0 saturated heterocycles. The van der Waals surface area contributed by atoms with E-state index in [1.165, 1.54) is 6.08 Å². The maximum absolute atomic E-state index is 11.2. The van der Waals surface area contributed by atoms with Gasteiger partial charge in [-0.3, -0.25) is 4.79 Å². The lowest BCUT2D eigenvalue weighted by Crippen LogP contribution is -2.06. The van der Waals surface area contributed by atoms with Crippen LogP contribution in [0.15, 0.2) is 30.1 Å². The van der Waals surface area contributed by atoms with E-state index in [9.17, 15) is 4.79 Å². The standard InChI is InChI=1S/C9H9N3O/c1-6-5-8(13)12-7-3-2-4-10-9(7)11-6/h2-5H,1H3,(H,10,11)(H,12,13). The highest BCUT2D eigenvalue weighted by atomic mass is 16.1. The third-order valence-electron chi connectivity index (χ3n) is 1.73. The van der Waals surface area contributed by atoms with Crippen molar-refractivity contribution in [1.29, 1.82) is 0 Å². The summed E-state index contributed by atoms with van der Waals surface area (Å²) >= 11 is 0. The molecule has 0 atom stereocenters. The number of nitrogens with zero attached hydrogens (tertiary/aromatic N) is 1. The Bertz CT molecular complexity index is 384. The molecule has 1 amide bonds. The summed E-state index contributed by atoms with van der Waals surface area (Å²) in [5.41, 5.74) is 1.50. The lowest BCUT2D eigenvalue weighted by molar-refractivity contribution is -0.111. The van der Waals surface area contributed by atoms with Crippen molar-refractivity contribution in [3.05, 3.63) is 30.1 Å². The fourth-order valence-corrected chi connectivity index (χ4v) is 1.19. The van der Waals surface area contributed by atoms with Gasteiger partial charge in [0, 0.05) is 18.0 Å². The average molecular weight is 175 g/mol. The van der Waals surface area contributed by atoms with Crippen molar-refractivity contribution in [2.75, 3.05) is 10.6 Å². The normalized spacial score (nSPS) is 14.8. The molecule has 0 radical (unpaired) electrons. The fraction of sp³-hybridized carbons (Fsp3) is 0.111. The van der Waals surface area contributed by atoms with Crippen molar-refractivity contribution >= 4 is 17.4 Å². The van der Waals surface area contributed by atoms with E-state index in [0.29, 0.717) is 11.5 Å². The Hall–Kier alpha value is -1.84. The lowest BCUT2D eigenvalue weighted by Gasteiger charge is -2.05. The molecule has 1 aromatic rings. The highest BCUT2D eigenvalue weighted by molar-refractivity contribution is 6.03. The molecular weight excluding hydrogens is 166 g/mol. The Labute approximate surface area is 75.7 Å². The molecule has 4 heteroatoms. The summed E-state index contributed by atoms with van der Waals surface area (Å²) in [6.45, 7) is 1.82. The number of aromatic nitrogens is 1. The molecule has 0 spiro atoms. The minimum atomic E-state index is -0.128. The number of hydrogen-bond donors (Lipinski definition) is 2. The summed E-state index contributed by atoms with van der Waals surface area (Å²) in [6, 6.07) is 3.58. The molecule has 1 aliphatic heterocycles. The minimum Gasteiger partial charge on any atom is -0.342 e. The van der Waals surface area contributed by atoms with Gasteiger partial charge in [-0.2, -0.15) is 0 Å². The van der Waals surface area contributed by atoms with E-state index >= 15 is 0 Å². The first-order valence-electron chi connectivity index (χ1n) is 3.97. The van der Waals surface area contributed by atoms with Crippen LogP contribution >= 0.6 is 0 Å². The number of hydrogen-bond acceptors (Lipinski definition) is 3. The average Bonchev–Trinajstić information content (AvgIpc) is 2.20. The second-order valence-corrected chi connectivity index (χ2v) is 2.84. The van der Waals surface area contributed by atoms with E-state index in [1.807, 2.05) is 6.92 Å². The Balaban J connectivity index is 2.46. The zero-order valence-electron chi connectivity index (χ0n) is 7.16. The largest absolute Gasteiger partial charge is 0.342 e. The van der Waals surface area contributed by atoms with Crippen LogP contribution in [0, 0.1) is 0 Å². The summed E-state index contributed by atoms with van der Waals surface area (Å²) in [5.74, 6) is 0.554. The third kappa shape index (κ3) is 1.51.